The monoisotopic (exact) mass is 541 g/mol. The molecule has 1 aliphatic heterocycles. The predicted molar refractivity (Wildman–Crippen MR) is 141 cm³/mol. The third-order valence-corrected chi connectivity index (χ3v) is 9.03. The van der Waals surface area contributed by atoms with Gasteiger partial charge < -0.3 is 14.8 Å². The highest BCUT2D eigenvalue weighted by molar-refractivity contribution is 7.89. The number of methoxy groups -OCH3 is 1. The second-order valence-corrected chi connectivity index (χ2v) is 11.5. The second-order valence-electron chi connectivity index (χ2n) is 8.55. The van der Waals surface area contributed by atoms with Crippen LogP contribution in [0.1, 0.15) is 25.5 Å². The topological polar surface area (TPSA) is 116 Å². The van der Waals surface area contributed by atoms with Gasteiger partial charge in [-0.3, -0.25) is 4.79 Å². The number of amides is 1. The van der Waals surface area contributed by atoms with Crippen molar-refractivity contribution in [3.8, 4) is 16.6 Å². The van der Waals surface area contributed by atoms with Gasteiger partial charge >= 0.3 is 0 Å². The Morgan fingerprint density at radius 1 is 1.22 bits per heavy atom. The molecule has 4 aromatic rings. The van der Waals surface area contributed by atoms with Gasteiger partial charge in [0.15, 0.2) is 0 Å². The number of aromatic nitrogens is 3. The molecule has 0 spiro atoms. The van der Waals surface area contributed by atoms with E-state index in [2.05, 4.69) is 10.4 Å². The SMILES string of the molecule is CCOc1cccc2sc(-n3nc(C)cc3NC(=O)C3CCCN3S(=O)(=O)c3ccc(OC)cc3)nc12. The summed E-state index contributed by atoms with van der Waals surface area (Å²) in [5.74, 6) is 1.25. The highest BCUT2D eigenvalue weighted by Crippen LogP contribution is 2.33. The summed E-state index contributed by atoms with van der Waals surface area (Å²) in [4.78, 5) is 18.2. The van der Waals surface area contributed by atoms with E-state index in [0.717, 1.165) is 10.2 Å². The molecule has 194 valence electrons. The Labute approximate surface area is 218 Å². The van der Waals surface area contributed by atoms with E-state index in [0.29, 0.717) is 47.6 Å². The molecule has 5 rings (SSSR count). The zero-order chi connectivity index (χ0) is 26.2. The predicted octanol–water partition coefficient (Wildman–Crippen LogP) is 3.99. The van der Waals surface area contributed by atoms with E-state index in [4.69, 9.17) is 14.5 Å². The van der Waals surface area contributed by atoms with Crippen molar-refractivity contribution in [1.29, 1.82) is 0 Å². The molecule has 1 unspecified atom stereocenters. The lowest BCUT2D eigenvalue weighted by Crippen LogP contribution is -2.43. The smallest absolute Gasteiger partial charge is 0.243 e. The zero-order valence-electron chi connectivity index (χ0n) is 20.7. The Hall–Kier alpha value is -3.48. The molecule has 10 nitrogen and oxygen atoms in total. The maximum atomic E-state index is 13.4. The number of rotatable bonds is 8. The highest BCUT2D eigenvalue weighted by atomic mass is 32.2. The van der Waals surface area contributed by atoms with Crippen LogP contribution < -0.4 is 14.8 Å². The molecule has 12 heteroatoms. The molecule has 2 aromatic heterocycles. The van der Waals surface area contributed by atoms with Gasteiger partial charge in [0.1, 0.15) is 28.9 Å². The van der Waals surface area contributed by atoms with Gasteiger partial charge in [0, 0.05) is 12.6 Å². The summed E-state index contributed by atoms with van der Waals surface area (Å²) in [6.45, 7) is 4.52. The molecule has 0 saturated carbocycles. The first-order chi connectivity index (χ1) is 17.8. The third kappa shape index (κ3) is 4.79. The number of benzene rings is 2. The number of hydrogen-bond donors (Lipinski definition) is 1. The Kier molecular flexibility index (Phi) is 6.88. The van der Waals surface area contributed by atoms with Crippen LogP contribution in [0.5, 0.6) is 11.5 Å². The van der Waals surface area contributed by atoms with E-state index >= 15 is 0 Å². The number of nitrogens with one attached hydrogen (secondary N) is 1. The van der Waals surface area contributed by atoms with Crippen molar-refractivity contribution in [3.05, 3.63) is 54.2 Å². The fourth-order valence-electron chi connectivity index (χ4n) is 4.39. The number of para-hydroxylation sites is 1. The van der Waals surface area contributed by atoms with Crippen LogP contribution in [0.15, 0.2) is 53.4 Å². The van der Waals surface area contributed by atoms with Gasteiger partial charge in [-0.2, -0.15) is 14.1 Å². The number of nitrogens with zero attached hydrogens (tertiary/aromatic N) is 4. The molecule has 1 saturated heterocycles. The van der Waals surface area contributed by atoms with Crippen LogP contribution in [-0.2, 0) is 14.8 Å². The third-order valence-electron chi connectivity index (χ3n) is 6.11. The van der Waals surface area contributed by atoms with Crippen molar-refractivity contribution < 1.29 is 22.7 Å². The summed E-state index contributed by atoms with van der Waals surface area (Å²) in [5, 5.41) is 8.00. The van der Waals surface area contributed by atoms with Crippen molar-refractivity contribution in [2.45, 2.75) is 37.6 Å². The summed E-state index contributed by atoms with van der Waals surface area (Å²) in [6, 6.07) is 12.8. The largest absolute Gasteiger partial charge is 0.497 e. The molecule has 1 N–H and O–H groups in total. The van der Waals surface area contributed by atoms with Crippen LogP contribution in [0.2, 0.25) is 0 Å². The Morgan fingerprint density at radius 2 is 2.00 bits per heavy atom. The fourth-order valence-corrected chi connectivity index (χ4v) is 7.00. The standard InChI is InChI=1S/C25H27N5O5S2/c1-4-35-20-8-5-9-21-23(20)27-25(36-21)30-22(15-16(2)28-30)26-24(31)19-7-6-14-29(19)37(32,33)18-12-10-17(34-3)11-13-18/h5,8-13,15,19H,4,6-7,14H2,1-3H3,(H,26,31). The van der Waals surface area contributed by atoms with Crippen LogP contribution in [0.25, 0.3) is 15.3 Å². The van der Waals surface area contributed by atoms with Crippen molar-refractivity contribution in [2.24, 2.45) is 0 Å². The molecule has 1 amide bonds. The van der Waals surface area contributed by atoms with Crippen molar-refractivity contribution in [3.63, 3.8) is 0 Å². The van der Waals surface area contributed by atoms with Gasteiger partial charge in [-0.15, -0.1) is 0 Å². The minimum absolute atomic E-state index is 0.119. The maximum Gasteiger partial charge on any atom is 0.243 e. The summed E-state index contributed by atoms with van der Waals surface area (Å²) in [7, 11) is -2.35. The van der Waals surface area contributed by atoms with Crippen molar-refractivity contribution in [1.82, 2.24) is 19.1 Å². The molecule has 0 radical (unpaired) electrons. The molecule has 0 bridgehead atoms. The molecule has 1 atom stereocenters. The quantitative estimate of drug-likeness (QED) is 0.359. The Bertz CT molecular complexity index is 1550. The lowest BCUT2D eigenvalue weighted by molar-refractivity contribution is -0.119. The van der Waals surface area contributed by atoms with Gasteiger partial charge in [0.25, 0.3) is 0 Å². The Balaban J connectivity index is 1.41. The van der Waals surface area contributed by atoms with E-state index in [1.165, 1.54) is 34.9 Å². The number of sulfonamides is 1. The van der Waals surface area contributed by atoms with Crippen molar-refractivity contribution >= 4 is 43.3 Å². The van der Waals surface area contributed by atoms with Crippen LogP contribution in [0.4, 0.5) is 5.82 Å². The molecule has 2 aromatic carbocycles. The van der Waals surface area contributed by atoms with Crippen LogP contribution in [0, 0.1) is 6.92 Å². The number of hydrogen-bond acceptors (Lipinski definition) is 8. The molecule has 1 aliphatic rings. The second kappa shape index (κ2) is 10.1. The lowest BCUT2D eigenvalue weighted by atomic mass is 10.2. The van der Waals surface area contributed by atoms with E-state index < -0.39 is 22.0 Å². The summed E-state index contributed by atoms with van der Waals surface area (Å²) < 4.78 is 41.3. The number of fused-ring (bicyclic) bond motifs is 1. The van der Waals surface area contributed by atoms with E-state index in [9.17, 15) is 13.2 Å². The first kappa shape index (κ1) is 25.2. The Morgan fingerprint density at radius 3 is 2.73 bits per heavy atom. The zero-order valence-corrected chi connectivity index (χ0v) is 22.3. The van der Waals surface area contributed by atoms with E-state index in [-0.39, 0.29) is 11.4 Å². The first-order valence-electron chi connectivity index (χ1n) is 11.9. The molecular formula is C25H27N5O5S2. The van der Waals surface area contributed by atoms with Crippen LogP contribution >= 0.6 is 11.3 Å². The van der Waals surface area contributed by atoms with Gasteiger partial charge in [-0.05, 0) is 63.1 Å². The number of thiazole rings is 1. The first-order valence-corrected chi connectivity index (χ1v) is 14.1. The molecular weight excluding hydrogens is 514 g/mol. The van der Waals surface area contributed by atoms with Crippen LogP contribution in [-0.4, -0.2) is 59.7 Å². The average molecular weight is 542 g/mol. The molecule has 1 fully saturated rings. The van der Waals surface area contributed by atoms with Crippen molar-refractivity contribution in [2.75, 3.05) is 25.6 Å². The lowest BCUT2D eigenvalue weighted by Gasteiger charge is -2.23. The summed E-state index contributed by atoms with van der Waals surface area (Å²) in [6.07, 6.45) is 1.01. The van der Waals surface area contributed by atoms with Gasteiger partial charge in [-0.1, -0.05) is 17.4 Å². The van der Waals surface area contributed by atoms with Crippen LogP contribution in [0.3, 0.4) is 0 Å². The average Bonchev–Trinajstić information content (AvgIpc) is 3.63. The minimum Gasteiger partial charge on any atom is -0.497 e. The van der Waals surface area contributed by atoms with E-state index in [1.807, 2.05) is 32.0 Å². The summed E-state index contributed by atoms with van der Waals surface area (Å²) in [5.41, 5.74) is 1.41. The van der Waals surface area contributed by atoms with Gasteiger partial charge in [0.2, 0.25) is 21.1 Å². The number of carbonyl (C=O) groups is 1. The van der Waals surface area contributed by atoms with Gasteiger partial charge in [-0.25, -0.2) is 13.4 Å². The molecule has 0 aliphatic carbocycles. The van der Waals surface area contributed by atoms with Gasteiger partial charge in [0.05, 0.1) is 29.0 Å². The molecule has 37 heavy (non-hydrogen) atoms. The molecule has 3 heterocycles. The number of aryl methyl sites for hydroxylation is 1. The maximum absolute atomic E-state index is 13.4. The number of carbonyl (C=O) groups excluding carboxylic acids is 1. The number of ether oxygens (including phenoxy) is 2. The highest BCUT2D eigenvalue weighted by Gasteiger charge is 2.39. The normalized spacial score (nSPS) is 16.2. The number of anilines is 1. The fraction of sp³-hybridized carbons (Fsp3) is 0.320. The summed E-state index contributed by atoms with van der Waals surface area (Å²) >= 11 is 1.42. The van der Waals surface area contributed by atoms with E-state index in [1.54, 1.807) is 22.9 Å². The minimum atomic E-state index is -3.86.